The number of nitrogens with zero attached hydrogens (tertiary/aromatic N) is 3. The molecule has 0 aliphatic carbocycles. The molecule has 0 saturated carbocycles. The monoisotopic (exact) mass is 246 g/mol. The molecule has 1 fully saturated rings. The van der Waals surface area contributed by atoms with Crippen molar-refractivity contribution in [2.24, 2.45) is 7.05 Å². The van der Waals surface area contributed by atoms with Crippen LogP contribution in [0.3, 0.4) is 0 Å². The summed E-state index contributed by atoms with van der Waals surface area (Å²) in [4.78, 5) is 6.53. The van der Waals surface area contributed by atoms with Crippen LogP contribution in [0.15, 0.2) is 37.0 Å². The van der Waals surface area contributed by atoms with Crippen LogP contribution in [0.4, 0.5) is 0 Å². The molecule has 1 aliphatic rings. The van der Waals surface area contributed by atoms with Crippen molar-refractivity contribution in [1.29, 1.82) is 0 Å². The van der Waals surface area contributed by atoms with E-state index in [-0.39, 0.29) is 0 Å². The minimum atomic E-state index is 0.309. The van der Waals surface area contributed by atoms with Crippen LogP contribution in [0.2, 0.25) is 0 Å². The normalized spacial score (nSPS) is 24.7. The van der Waals surface area contributed by atoms with Gasteiger partial charge in [-0.2, -0.15) is 0 Å². The van der Waals surface area contributed by atoms with Gasteiger partial charge in [-0.05, 0) is 19.9 Å². The van der Waals surface area contributed by atoms with Crippen LogP contribution in [0.1, 0.15) is 25.6 Å². The van der Waals surface area contributed by atoms with Crippen molar-refractivity contribution in [1.82, 2.24) is 19.8 Å². The van der Waals surface area contributed by atoms with Gasteiger partial charge in [0, 0.05) is 38.1 Å². The Bertz CT molecular complexity index is 446. The summed E-state index contributed by atoms with van der Waals surface area (Å²) in [5.74, 6) is 0. The highest BCUT2D eigenvalue weighted by Gasteiger charge is 2.26. The van der Waals surface area contributed by atoms with Crippen LogP contribution < -0.4 is 5.32 Å². The zero-order chi connectivity index (χ0) is 13.1. The molecule has 18 heavy (non-hydrogen) atoms. The summed E-state index contributed by atoms with van der Waals surface area (Å²) in [7, 11) is 2.04. The molecular formula is C14H22N4. The van der Waals surface area contributed by atoms with Gasteiger partial charge in [0.15, 0.2) is 0 Å². The first-order chi connectivity index (χ1) is 8.61. The van der Waals surface area contributed by atoms with E-state index in [1.165, 1.54) is 5.69 Å². The SMILES string of the molecule is C=C(/C=C\C)N1CC(C)NC(c2cncn2C)C1. The quantitative estimate of drug-likeness (QED) is 0.826. The smallest absolute Gasteiger partial charge is 0.0946 e. The van der Waals surface area contributed by atoms with E-state index in [0.29, 0.717) is 12.1 Å². The van der Waals surface area contributed by atoms with Gasteiger partial charge in [0.05, 0.1) is 18.1 Å². The van der Waals surface area contributed by atoms with Gasteiger partial charge in [0.1, 0.15) is 0 Å². The number of allylic oxidation sites excluding steroid dienone is 2. The second-order valence-corrected chi connectivity index (χ2v) is 4.95. The highest BCUT2D eigenvalue weighted by Crippen LogP contribution is 2.21. The van der Waals surface area contributed by atoms with E-state index in [9.17, 15) is 0 Å². The van der Waals surface area contributed by atoms with E-state index in [1.54, 1.807) is 0 Å². The molecule has 1 aliphatic heterocycles. The molecule has 2 heterocycles. The number of piperazine rings is 1. The number of imidazole rings is 1. The van der Waals surface area contributed by atoms with E-state index >= 15 is 0 Å². The maximum absolute atomic E-state index is 4.20. The van der Waals surface area contributed by atoms with Crippen LogP contribution in [0.5, 0.6) is 0 Å². The summed E-state index contributed by atoms with van der Waals surface area (Å²) in [5.41, 5.74) is 2.30. The van der Waals surface area contributed by atoms with E-state index in [0.717, 1.165) is 18.8 Å². The Labute approximate surface area is 109 Å². The van der Waals surface area contributed by atoms with Crippen molar-refractivity contribution in [2.75, 3.05) is 13.1 Å². The number of hydrogen-bond acceptors (Lipinski definition) is 3. The first kappa shape index (κ1) is 12.9. The van der Waals surface area contributed by atoms with Crippen molar-refractivity contribution in [3.8, 4) is 0 Å². The molecule has 0 amide bonds. The third-order valence-electron chi connectivity index (χ3n) is 3.36. The van der Waals surface area contributed by atoms with Crippen LogP contribution >= 0.6 is 0 Å². The first-order valence-corrected chi connectivity index (χ1v) is 6.40. The van der Waals surface area contributed by atoms with Gasteiger partial charge in [0.25, 0.3) is 0 Å². The Morgan fingerprint density at radius 1 is 1.56 bits per heavy atom. The van der Waals surface area contributed by atoms with Crippen molar-refractivity contribution in [2.45, 2.75) is 25.9 Å². The van der Waals surface area contributed by atoms with E-state index in [1.807, 2.05) is 32.6 Å². The van der Waals surface area contributed by atoms with Crippen LogP contribution in [0, 0.1) is 0 Å². The molecule has 2 rings (SSSR count). The first-order valence-electron chi connectivity index (χ1n) is 6.40. The predicted molar refractivity (Wildman–Crippen MR) is 74.1 cm³/mol. The molecule has 0 aromatic carbocycles. The lowest BCUT2D eigenvalue weighted by atomic mass is 10.1. The average Bonchev–Trinajstić information content (AvgIpc) is 2.75. The maximum Gasteiger partial charge on any atom is 0.0946 e. The van der Waals surface area contributed by atoms with Crippen molar-refractivity contribution in [3.05, 3.63) is 42.6 Å². The minimum absolute atomic E-state index is 0.309. The molecule has 0 radical (unpaired) electrons. The van der Waals surface area contributed by atoms with Gasteiger partial charge in [-0.25, -0.2) is 4.98 Å². The maximum atomic E-state index is 4.20. The molecule has 4 heteroatoms. The molecule has 0 bridgehead atoms. The third-order valence-corrected chi connectivity index (χ3v) is 3.36. The van der Waals surface area contributed by atoms with E-state index in [4.69, 9.17) is 0 Å². The Hall–Kier alpha value is -1.55. The molecule has 4 nitrogen and oxygen atoms in total. The second-order valence-electron chi connectivity index (χ2n) is 4.95. The van der Waals surface area contributed by atoms with Gasteiger partial charge < -0.3 is 14.8 Å². The summed E-state index contributed by atoms with van der Waals surface area (Å²) in [6.07, 6.45) is 7.89. The number of hydrogen-bond donors (Lipinski definition) is 1. The third kappa shape index (κ3) is 2.64. The van der Waals surface area contributed by atoms with Gasteiger partial charge in [-0.3, -0.25) is 0 Å². The fraction of sp³-hybridized carbons (Fsp3) is 0.500. The van der Waals surface area contributed by atoms with E-state index < -0.39 is 0 Å². The van der Waals surface area contributed by atoms with Crippen LogP contribution in [-0.4, -0.2) is 33.6 Å². The van der Waals surface area contributed by atoms with Crippen molar-refractivity contribution >= 4 is 0 Å². The van der Waals surface area contributed by atoms with Gasteiger partial charge in [0.2, 0.25) is 0 Å². The lowest BCUT2D eigenvalue weighted by Gasteiger charge is -2.39. The highest BCUT2D eigenvalue weighted by molar-refractivity contribution is 5.17. The second kappa shape index (κ2) is 5.40. The van der Waals surface area contributed by atoms with Gasteiger partial charge in [-0.1, -0.05) is 12.7 Å². The molecule has 2 atom stereocenters. The van der Waals surface area contributed by atoms with Gasteiger partial charge in [-0.15, -0.1) is 0 Å². The van der Waals surface area contributed by atoms with Crippen LogP contribution in [0.25, 0.3) is 0 Å². The molecule has 98 valence electrons. The number of aromatic nitrogens is 2. The lowest BCUT2D eigenvalue weighted by Crippen LogP contribution is -2.50. The largest absolute Gasteiger partial charge is 0.368 e. The zero-order valence-corrected chi connectivity index (χ0v) is 11.4. The zero-order valence-electron chi connectivity index (χ0n) is 11.4. The fourth-order valence-electron chi connectivity index (χ4n) is 2.49. The predicted octanol–water partition coefficient (Wildman–Crippen LogP) is 1.84. The van der Waals surface area contributed by atoms with E-state index in [2.05, 4.69) is 39.3 Å². The number of aryl methyl sites for hydroxylation is 1. The summed E-state index contributed by atoms with van der Waals surface area (Å²) in [6, 6.07) is 0.754. The number of nitrogens with one attached hydrogen (secondary N) is 1. The Balaban J connectivity index is 2.14. The molecule has 1 saturated heterocycles. The minimum Gasteiger partial charge on any atom is -0.368 e. The molecule has 1 aromatic rings. The molecule has 2 unspecified atom stereocenters. The van der Waals surface area contributed by atoms with Gasteiger partial charge >= 0.3 is 0 Å². The highest BCUT2D eigenvalue weighted by atomic mass is 15.2. The summed E-state index contributed by atoms with van der Waals surface area (Å²) in [5, 5.41) is 3.62. The lowest BCUT2D eigenvalue weighted by molar-refractivity contribution is 0.209. The summed E-state index contributed by atoms with van der Waals surface area (Å²) < 4.78 is 2.08. The molecular weight excluding hydrogens is 224 g/mol. The Morgan fingerprint density at radius 2 is 2.33 bits per heavy atom. The van der Waals surface area contributed by atoms with Crippen molar-refractivity contribution in [3.63, 3.8) is 0 Å². The Kier molecular flexibility index (Phi) is 3.87. The molecule has 1 N–H and O–H groups in total. The molecule has 1 aromatic heterocycles. The van der Waals surface area contributed by atoms with Crippen molar-refractivity contribution < 1.29 is 0 Å². The summed E-state index contributed by atoms with van der Waals surface area (Å²) in [6.45, 7) is 10.3. The Morgan fingerprint density at radius 3 is 2.94 bits per heavy atom. The summed E-state index contributed by atoms with van der Waals surface area (Å²) >= 11 is 0. The fourth-order valence-corrected chi connectivity index (χ4v) is 2.49. The molecule has 0 spiro atoms. The van der Waals surface area contributed by atoms with Crippen LogP contribution in [-0.2, 0) is 7.05 Å². The standard InChI is InChI=1S/C14H22N4/c1-5-6-12(3)18-8-11(2)16-13(9-18)14-7-15-10-17(14)4/h5-7,10-11,13,16H,3,8-9H2,1-2,4H3/b6-5-. The topological polar surface area (TPSA) is 33.1 Å². The number of rotatable bonds is 3. The average molecular weight is 246 g/mol.